The van der Waals surface area contributed by atoms with E-state index in [4.69, 9.17) is 11.6 Å². The third-order valence-corrected chi connectivity index (χ3v) is 6.47. The summed E-state index contributed by atoms with van der Waals surface area (Å²) in [5.41, 5.74) is 6.90. The maximum Gasteiger partial charge on any atom is 0.0714 e. The van der Waals surface area contributed by atoms with E-state index in [1.54, 1.807) is 0 Å². The van der Waals surface area contributed by atoms with Crippen molar-refractivity contribution in [3.63, 3.8) is 0 Å². The van der Waals surface area contributed by atoms with Crippen LogP contribution in [0.25, 0.3) is 11.1 Å². The normalized spacial score (nSPS) is 13.9. The minimum absolute atomic E-state index is 0.387. The Morgan fingerprint density at radius 1 is 0.556 bits per heavy atom. The predicted molar refractivity (Wildman–Crippen MR) is 116 cm³/mol. The third-order valence-electron chi connectivity index (χ3n) is 5.50. The van der Waals surface area contributed by atoms with Crippen LogP contribution in [0.5, 0.6) is 0 Å². The maximum absolute atomic E-state index is 6.75. The Kier molecular flexibility index (Phi) is 3.96. The van der Waals surface area contributed by atoms with Crippen molar-refractivity contribution in [1.82, 2.24) is 0 Å². The van der Waals surface area contributed by atoms with Crippen molar-refractivity contribution < 1.29 is 0 Å². The zero-order chi connectivity index (χ0) is 18.4. The van der Waals surface area contributed by atoms with E-state index in [1.807, 2.05) is 6.07 Å². The summed E-state index contributed by atoms with van der Waals surface area (Å²) in [6, 6.07) is 34.1. The standard InChI is InChI=1S/C25H16BrCl/c26-21-15-7-13-19-23(21)24-20(14-8-16-22(24)27)25(19,17-9-3-1-4-10-17)18-11-5-2-6-12-18/h1-16H. The van der Waals surface area contributed by atoms with Gasteiger partial charge in [-0.2, -0.15) is 0 Å². The average Bonchev–Trinajstić information content (AvgIpc) is 3.03. The van der Waals surface area contributed by atoms with Crippen molar-refractivity contribution >= 4 is 27.5 Å². The van der Waals surface area contributed by atoms with Gasteiger partial charge in [0.15, 0.2) is 0 Å². The minimum atomic E-state index is -0.387. The van der Waals surface area contributed by atoms with E-state index < -0.39 is 0 Å². The lowest BCUT2D eigenvalue weighted by Crippen LogP contribution is -2.28. The van der Waals surface area contributed by atoms with Gasteiger partial charge in [-0.3, -0.25) is 0 Å². The van der Waals surface area contributed by atoms with Crippen LogP contribution >= 0.6 is 27.5 Å². The second-order valence-corrected chi connectivity index (χ2v) is 8.07. The van der Waals surface area contributed by atoms with E-state index in [0.717, 1.165) is 15.1 Å². The Balaban J connectivity index is 2.02. The van der Waals surface area contributed by atoms with Crippen molar-refractivity contribution in [2.24, 2.45) is 0 Å². The molecule has 5 rings (SSSR count). The second kappa shape index (κ2) is 6.37. The van der Waals surface area contributed by atoms with Crippen LogP contribution in [0.1, 0.15) is 22.3 Å². The van der Waals surface area contributed by atoms with Gasteiger partial charge in [0.2, 0.25) is 0 Å². The molecular weight excluding hydrogens is 416 g/mol. The van der Waals surface area contributed by atoms with E-state index in [0.29, 0.717) is 0 Å². The number of hydrogen-bond acceptors (Lipinski definition) is 0. The Labute approximate surface area is 172 Å². The first-order chi connectivity index (χ1) is 13.2. The third kappa shape index (κ3) is 2.29. The number of halogens is 2. The van der Waals surface area contributed by atoms with Crippen molar-refractivity contribution in [3.05, 3.63) is 129 Å². The van der Waals surface area contributed by atoms with E-state index in [9.17, 15) is 0 Å². The topological polar surface area (TPSA) is 0 Å². The molecule has 0 aromatic heterocycles. The molecule has 0 saturated carbocycles. The second-order valence-electron chi connectivity index (χ2n) is 6.81. The Bertz CT molecular complexity index is 1040. The average molecular weight is 432 g/mol. The lowest BCUT2D eigenvalue weighted by Gasteiger charge is -2.33. The number of rotatable bonds is 2. The van der Waals surface area contributed by atoms with Gasteiger partial charge < -0.3 is 0 Å². The monoisotopic (exact) mass is 430 g/mol. The smallest absolute Gasteiger partial charge is 0.0714 e. The summed E-state index contributed by atoms with van der Waals surface area (Å²) in [6.45, 7) is 0. The fraction of sp³-hybridized carbons (Fsp3) is 0.0400. The molecule has 0 atom stereocenters. The maximum atomic E-state index is 6.75. The van der Waals surface area contributed by atoms with E-state index in [2.05, 4.69) is 107 Å². The summed E-state index contributed by atoms with van der Waals surface area (Å²) in [5, 5.41) is 0.786. The van der Waals surface area contributed by atoms with Gasteiger partial charge in [-0.15, -0.1) is 0 Å². The zero-order valence-electron chi connectivity index (χ0n) is 14.5. The number of benzene rings is 4. The van der Waals surface area contributed by atoms with Crippen LogP contribution in [-0.4, -0.2) is 0 Å². The SMILES string of the molecule is Clc1cccc2c1-c1c(Br)cccc1C2(c1ccccc1)c1ccccc1. The van der Waals surface area contributed by atoms with Crippen molar-refractivity contribution in [2.75, 3.05) is 0 Å². The molecule has 0 unspecified atom stereocenters. The first-order valence-corrected chi connectivity index (χ1v) is 10.1. The number of fused-ring (bicyclic) bond motifs is 3. The first-order valence-electron chi connectivity index (χ1n) is 8.94. The molecule has 0 N–H and O–H groups in total. The first kappa shape index (κ1) is 16.8. The van der Waals surface area contributed by atoms with Gasteiger partial charge in [0, 0.05) is 20.6 Å². The number of hydrogen-bond donors (Lipinski definition) is 0. The molecule has 0 spiro atoms. The van der Waals surface area contributed by atoms with Crippen LogP contribution in [0.2, 0.25) is 5.02 Å². The minimum Gasteiger partial charge on any atom is -0.0837 e. The molecule has 27 heavy (non-hydrogen) atoms. The molecule has 2 heteroatoms. The van der Waals surface area contributed by atoms with Gasteiger partial charge in [0.1, 0.15) is 0 Å². The molecule has 0 fully saturated rings. The van der Waals surface area contributed by atoms with Gasteiger partial charge >= 0.3 is 0 Å². The van der Waals surface area contributed by atoms with E-state index >= 15 is 0 Å². The van der Waals surface area contributed by atoms with Crippen LogP contribution in [-0.2, 0) is 5.41 Å². The Hall–Kier alpha value is -2.35. The molecule has 0 amide bonds. The van der Waals surface area contributed by atoms with Crippen LogP contribution in [0, 0.1) is 0 Å². The van der Waals surface area contributed by atoms with E-state index in [-0.39, 0.29) is 5.41 Å². The highest BCUT2D eigenvalue weighted by Gasteiger charge is 2.47. The van der Waals surface area contributed by atoms with Crippen molar-refractivity contribution in [1.29, 1.82) is 0 Å². The summed E-state index contributed by atoms with van der Waals surface area (Å²) in [6.07, 6.45) is 0. The summed E-state index contributed by atoms with van der Waals surface area (Å²) >= 11 is 10.5. The molecule has 0 bridgehead atoms. The fourth-order valence-electron chi connectivity index (χ4n) is 4.49. The molecule has 4 aromatic rings. The van der Waals surface area contributed by atoms with Gasteiger partial charge in [-0.1, -0.05) is 112 Å². The molecule has 0 nitrogen and oxygen atoms in total. The molecule has 4 aromatic carbocycles. The van der Waals surface area contributed by atoms with Gasteiger partial charge in [0.25, 0.3) is 0 Å². The largest absolute Gasteiger partial charge is 0.0837 e. The van der Waals surface area contributed by atoms with Crippen LogP contribution in [0.3, 0.4) is 0 Å². The van der Waals surface area contributed by atoms with Crippen molar-refractivity contribution in [3.8, 4) is 11.1 Å². The Morgan fingerprint density at radius 2 is 1.07 bits per heavy atom. The van der Waals surface area contributed by atoms with Gasteiger partial charge in [-0.05, 0) is 34.4 Å². The van der Waals surface area contributed by atoms with Crippen molar-refractivity contribution in [2.45, 2.75) is 5.41 Å². The highest BCUT2D eigenvalue weighted by Crippen LogP contribution is 2.59. The molecule has 1 aliphatic carbocycles. The molecule has 1 aliphatic rings. The lowest BCUT2D eigenvalue weighted by atomic mass is 9.68. The van der Waals surface area contributed by atoms with Crippen LogP contribution in [0.15, 0.2) is 102 Å². The van der Waals surface area contributed by atoms with Gasteiger partial charge in [-0.25, -0.2) is 0 Å². The molecule has 0 radical (unpaired) electrons. The molecular formula is C25H16BrCl. The van der Waals surface area contributed by atoms with Gasteiger partial charge in [0.05, 0.1) is 5.41 Å². The summed E-state index contributed by atoms with van der Waals surface area (Å²) in [4.78, 5) is 0. The molecule has 0 aliphatic heterocycles. The Morgan fingerprint density at radius 3 is 1.67 bits per heavy atom. The van der Waals surface area contributed by atoms with Crippen LogP contribution < -0.4 is 0 Å². The summed E-state index contributed by atoms with van der Waals surface area (Å²) in [7, 11) is 0. The summed E-state index contributed by atoms with van der Waals surface area (Å²) < 4.78 is 1.07. The lowest BCUT2D eigenvalue weighted by molar-refractivity contribution is 0.768. The predicted octanol–water partition coefficient (Wildman–Crippen LogP) is 7.47. The zero-order valence-corrected chi connectivity index (χ0v) is 16.8. The molecule has 0 heterocycles. The highest BCUT2D eigenvalue weighted by atomic mass is 79.9. The summed E-state index contributed by atoms with van der Waals surface area (Å²) in [5.74, 6) is 0. The van der Waals surface area contributed by atoms with E-state index in [1.165, 1.54) is 27.8 Å². The fourth-order valence-corrected chi connectivity index (χ4v) is 5.32. The molecule has 130 valence electrons. The molecule has 0 saturated heterocycles. The highest BCUT2D eigenvalue weighted by molar-refractivity contribution is 9.10. The van der Waals surface area contributed by atoms with Crippen LogP contribution in [0.4, 0.5) is 0 Å². The quantitative estimate of drug-likeness (QED) is 0.272.